The second-order valence-corrected chi connectivity index (χ2v) is 8.84. The molecule has 0 saturated carbocycles. The number of amides is 4. The maximum atomic E-state index is 13.7. The Labute approximate surface area is 217 Å². The van der Waals surface area contributed by atoms with Gasteiger partial charge in [0.1, 0.15) is 0 Å². The van der Waals surface area contributed by atoms with Crippen LogP contribution in [0.3, 0.4) is 0 Å². The fourth-order valence-corrected chi connectivity index (χ4v) is 4.53. The molecule has 4 amide bonds. The van der Waals surface area contributed by atoms with Gasteiger partial charge < -0.3 is 20.9 Å². The van der Waals surface area contributed by atoms with Crippen LogP contribution in [-0.4, -0.2) is 60.5 Å². The minimum Gasteiger partial charge on any atom is -0.367 e. The van der Waals surface area contributed by atoms with E-state index in [1.165, 1.54) is 4.90 Å². The quantitative estimate of drug-likeness (QED) is 0.351. The van der Waals surface area contributed by atoms with Crippen LogP contribution < -0.4 is 16.0 Å². The van der Waals surface area contributed by atoms with Gasteiger partial charge in [-0.1, -0.05) is 74.5 Å². The van der Waals surface area contributed by atoms with Gasteiger partial charge in [0.15, 0.2) is 5.54 Å². The monoisotopic (exact) mass is 499 g/mol. The van der Waals surface area contributed by atoms with E-state index in [1.807, 2.05) is 60.7 Å². The van der Waals surface area contributed by atoms with Crippen LogP contribution in [0, 0.1) is 0 Å². The summed E-state index contributed by atoms with van der Waals surface area (Å²) < 4.78 is 0. The number of urea groups is 1. The average Bonchev–Trinajstić information content (AvgIpc) is 3.21. The van der Waals surface area contributed by atoms with Gasteiger partial charge in [0, 0.05) is 24.3 Å². The highest BCUT2D eigenvalue weighted by atomic mass is 16.2. The van der Waals surface area contributed by atoms with Gasteiger partial charge in [-0.2, -0.15) is 0 Å². The molecule has 1 aliphatic rings. The molecular formula is C29H33N5O3. The minimum absolute atomic E-state index is 0.0124. The number of imide groups is 1. The molecule has 1 saturated heterocycles. The van der Waals surface area contributed by atoms with E-state index in [1.54, 1.807) is 24.3 Å². The molecule has 0 bridgehead atoms. The van der Waals surface area contributed by atoms with Crippen LogP contribution in [-0.2, 0) is 10.3 Å². The maximum Gasteiger partial charge on any atom is 0.327 e. The Balaban J connectivity index is 1.43. The van der Waals surface area contributed by atoms with Gasteiger partial charge in [0.2, 0.25) is 0 Å². The van der Waals surface area contributed by atoms with Gasteiger partial charge in [0.05, 0.1) is 6.67 Å². The second kappa shape index (κ2) is 11.7. The van der Waals surface area contributed by atoms with Gasteiger partial charge in [-0.3, -0.25) is 9.59 Å². The van der Waals surface area contributed by atoms with E-state index in [0.717, 1.165) is 19.6 Å². The highest BCUT2D eigenvalue weighted by Crippen LogP contribution is 2.35. The van der Waals surface area contributed by atoms with E-state index in [2.05, 4.69) is 34.7 Å². The summed E-state index contributed by atoms with van der Waals surface area (Å²) in [4.78, 5) is 42.6. The summed E-state index contributed by atoms with van der Waals surface area (Å²) in [6.07, 6.45) is 0. The first kappa shape index (κ1) is 25.9. The number of nitrogens with zero attached hydrogens (tertiary/aromatic N) is 2. The molecule has 8 heteroatoms. The highest BCUT2D eigenvalue weighted by Gasteiger charge is 2.53. The van der Waals surface area contributed by atoms with Gasteiger partial charge in [-0.25, -0.2) is 9.69 Å². The molecule has 4 rings (SSSR count). The zero-order chi connectivity index (χ0) is 26.3. The summed E-state index contributed by atoms with van der Waals surface area (Å²) >= 11 is 0. The number of carbonyl (C=O) groups is 3. The lowest BCUT2D eigenvalue weighted by molar-refractivity contribution is -0.130. The molecule has 192 valence electrons. The van der Waals surface area contributed by atoms with Gasteiger partial charge in [-0.15, -0.1) is 0 Å². The Bertz CT molecular complexity index is 1170. The first-order valence-corrected chi connectivity index (χ1v) is 12.6. The Kier molecular flexibility index (Phi) is 8.20. The van der Waals surface area contributed by atoms with Crippen LogP contribution in [0.4, 0.5) is 10.5 Å². The summed E-state index contributed by atoms with van der Waals surface area (Å²) in [7, 11) is 0. The predicted molar refractivity (Wildman–Crippen MR) is 144 cm³/mol. The van der Waals surface area contributed by atoms with Crippen molar-refractivity contribution in [2.24, 2.45) is 0 Å². The van der Waals surface area contributed by atoms with Gasteiger partial charge in [-0.05, 0) is 48.5 Å². The van der Waals surface area contributed by atoms with Crippen molar-refractivity contribution < 1.29 is 14.4 Å². The van der Waals surface area contributed by atoms with E-state index < -0.39 is 11.6 Å². The Morgan fingerprint density at radius 1 is 0.865 bits per heavy atom. The average molecular weight is 500 g/mol. The summed E-state index contributed by atoms with van der Waals surface area (Å²) in [6.45, 7) is 7.46. The van der Waals surface area contributed by atoms with Crippen LogP contribution in [0.5, 0.6) is 0 Å². The molecule has 3 aromatic rings. The maximum absolute atomic E-state index is 13.7. The number of likely N-dealkylation sites (N-methyl/N-ethyl adjacent to an activating group) is 1. The number of anilines is 1. The minimum atomic E-state index is -1.30. The molecule has 0 unspecified atom stereocenters. The van der Waals surface area contributed by atoms with Crippen molar-refractivity contribution in [1.29, 1.82) is 0 Å². The van der Waals surface area contributed by atoms with E-state index >= 15 is 0 Å². The van der Waals surface area contributed by atoms with E-state index in [0.29, 0.717) is 28.9 Å². The third-order valence-electron chi connectivity index (χ3n) is 6.72. The van der Waals surface area contributed by atoms with Crippen molar-refractivity contribution in [2.75, 3.05) is 38.2 Å². The van der Waals surface area contributed by atoms with Crippen molar-refractivity contribution in [1.82, 2.24) is 20.4 Å². The zero-order valence-electron chi connectivity index (χ0n) is 21.2. The van der Waals surface area contributed by atoms with E-state index in [4.69, 9.17) is 0 Å². The van der Waals surface area contributed by atoms with Gasteiger partial charge >= 0.3 is 6.03 Å². The van der Waals surface area contributed by atoms with Crippen LogP contribution in [0.1, 0.15) is 35.3 Å². The number of benzene rings is 3. The lowest BCUT2D eigenvalue weighted by Gasteiger charge is -2.28. The second-order valence-electron chi connectivity index (χ2n) is 8.84. The number of hydrogen-bond donors (Lipinski definition) is 3. The largest absolute Gasteiger partial charge is 0.367 e. The Morgan fingerprint density at radius 3 is 1.97 bits per heavy atom. The number of carbonyl (C=O) groups excluding carboxylic acids is 3. The smallest absolute Gasteiger partial charge is 0.327 e. The highest BCUT2D eigenvalue weighted by molar-refractivity contribution is 6.09. The first-order valence-electron chi connectivity index (χ1n) is 12.6. The van der Waals surface area contributed by atoms with E-state index in [9.17, 15) is 14.4 Å². The molecule has 3 aromatic carbocycles. The van der Waals surface area contributed by atoms with Crippen molar-refractivity contribution >= 4 is 23.5 Å². The molecule has 0 aromatic heterocycles. The van der Waals surface area contributed by atoms with Crippen molar-refractivity contribution in [3.05, 3.63) is 102 Å². The van der Waals surface area contributed by atoms with Crippen LogP contribution in [0.2, 0.25) is 0 Å². The topological polar surface area (TPSA) is 93.8 Å². The number of nitrogens with one attached hydrogen (secondary N) is 3. The molecule has 37 heavy (non-hydrogen) atoms. The Hall–Kier alpha value is -4.17. The lowest BCUT2D eigenvalue weighted by atomic mass is 9.83. The molecule has 1 fully saturated rings. The van der Waals surface area contributed by atoms with Gasteiger partial charge in [0.25, 0.3) is 11.8 Å². The third-order valence-corrected chi connectivity index (χ3v) is 6.72. The van der Waals surface area contributed by atoms with Crippen LogP contribution in [0.25, 0.3) is 0 Å². The van der Waals surface area contributed by atoms with Crippen LogP contribution in [0.15, 0.2) is 84.9 Å². The van der Waals surface area contributed by atoms with Crippen molar-refractivity contribution in [3.63, 3.8) is 0 Å². The number of hydrogen-bond acceptors (Lipinski definition) is 5. The molecule has 1 heterocycles. The fraction of sp³-hybridized carbons (Fsp3) is 0.276. The molecule has 8 nitrogen and oxygen atoms in total. The molecule has 0 spiro atoms. The number of rotatable bonds is 11. The first-order chi connectivity index (χ1) is 18.0. The molecule has 3 N–H and O–H groups in total. The molecule has 1 aliphatic heterocycles. The Morgan fingerprint density at radius 2 is 1.43 bits per heavy atom. The molecule has 0 atom stereocenters. The van der Waals surface area contributed by atoms with Crippen molar-refractivity contribution in [3.8, 4) is 0 Å². The van der Waals surface area contributed by atoms with Crippen LogP contribution >= 0.6 is 0 Å². The summed E-state index contributed by atoms with van der Waals surface area (Å²) in [5.41, 5.74) is 1.33. The fourth-order valence-electron chi connectivity index (χ4n) is 4.53. The van der Waals surface area contributed by atoms with Crippen molar-refractivity contribution in [2.45, 2.75) is 19.4 Å². The SMILES string of the molecule is CCN(CC)CCNC(=O)c1ccc(NCN2C(=O)NC(c3ccccc3)(c3ccccc3)C2=O)cc1. The normalized spacial score (nSPS) is 14.5. The standard InChI is InChI=1S/C29H33N5O3/c1-3-33(4-2)20-19-30-26(35)22-15-17-25(18-16-22)31-21-34-27(36)29(32-28(34)37,23-11-7-5-8-12-23)24-13-9-6-10-14-24/h5-18,31H,3-4,19-21H2,1-2H3,(H,30,35)(H,32,37). The third kappa shape index (κ3) is 5.49. The zero-order valence-corrected chi connectivity index (χ0v) is 21.2. The lowest BCUT2D eigenvalue weighted by Crippen LogP contribution is -2.45. The summed E-state index contributed by atoms with van der Waals surface area (Å²) in [5, 5.41) is 9.01. The summed E-state index contributed by atoms with van der Waals surface area (Å²) in [6, 6.07) is 25.0. The molecular weight excluding hydrogens is 466 g/mol. The summed E-state index contributed by atoms with van der Waals surface area (Å²) in [5.74, 6) is -0.491. The predicted octanol–water partition coefficient (Wildman–Crippen LogP) is 3.62. The molecule has 0 aliphatic carbocycles. The van der Waals surface area contributed by atoms with E-state index in [-0.39, 0.29) is 18.5 Å². The molecule has 0 radical (unpaired) electrons.